The number of nitriles is 1. The maximum Gasteiger partial charge on any atom is 0.0940 e. The lowest BCUT2D eigenvalue weighted by Gasteiger charge is -2.14. The summed E-state index contributed by atoms with van der Waals surface area (Å²) in [4.78, 5) is 2.34. The average molecular weight is 201 g/mol. The highest BCUT2D eigenvalue weighted by Crippen LogP contribution is 2.21. The minimum atomic E-state index is -0.325. The van der Waals surface area contributed by atoms with Crippen LogP contribution in [-0.2, 0) is 13.1 Å². The molecule has 3 heteroatoms. The maximum atomic E-state index is 8.59. The van der Waals surface area contributed by atoms with Crippen molar-refractivity contribution in [2.75, 3.05) is 6.54 Å². The molecule has 1 aromatic carbocycles. The maximum absolute atomic E-state index is 8.59. The first-order valence-corrected chi connectivity index (χ1v) is 5.24. The van der Waals surface area contributed by atoms with Crippen LogP contribution in [0.25, 0.3) is 0 Å². The second kappa shape index (κ2) is 4.43. The van der Waals surface area contributed by atoms with E-state index in [2.05, 4.69) is 35.2 Å². The quantitative estimate of drug-likeness (QED) is 0.800. The van der Waals surface area contributed by atoms with Crippen molar-refractivity contribution >= 4 is 0 Å². The number of nitrogens with zero attached hydrogens (tertiary/aromatic N) is 2. The van der Waals surface area contributed by atoms with Gasteiger partial charge in [-0.25, -0.2) is 0 Å². The molecule has 0 radical (unpaired) electrons. The Labute approximate surface area is 90.1 Å². The van der Waals surface area contributed by atoms with Gasteiger partial charge in [0.05, 0.1) is 12.1 Å². The summed E-state index contributed by atoms with van der Waals surface area (Å²) in [5.74, 6) is 0. The van der Waals surface area contributed by atoms with Crippen molar-refractivity contribution in [2.45, 2.75) is 25.6 Å². The van der Waals surface area contributed by atoms with Crippen LogP contribution in [0.4, 0.5) is 0 Å². The van der Waals surface area contributed by atoms with Gasteiger partial charge in [-0.2, -0.15) is 5.26 Å². The Morgan fingerprint density at radius 2 is 1.93 bits per heavy atom. The topological polar surface area (TPSA) is 53.1 Å². The van der Waals surface area contributed by atoms with Gasteiger partial charge < -0.3 is 5.73 Å². The molecule has 15 heavy (non-hydrogen) atoms. The summed E-state index contributed by atoms with van der Waals surface area (Å²) < 4.78 is 0. The van der Waals surface area contributed by atoms with E-state index in [1.54, 1.807) is 0 Å². The molecule has 0 aliphatic carbocycles. The summed E-state index contributed by atoms with van der Waals surface area (Å²) in [6.45, 7) is 2.89. The van der Waals surface area contributed by atoms with Gasteiger partial charge >= 0.3 is 0 Å². The highest BCUT2D eigenvalue weighted by atomic mass is 15.1. The molecular formula is C12H15N3. The van der Waals surface area contributed by atoms with Crippen LogP contribution in [0.2, 0.25) is 0 Å². The Morgan fingerprint density at radius 3 is 2.47 bits per heavy atom. The summed E-state index contributed by atoms with van der Waals surface area (Å²) in [6, 6.07) is 10.2. The molecule has 1 aliphatic rings. The van der Waals surface area contributed by atoms with Crippen molar-refractivity contribution in [3.05, 3.63) is 35.4 Å². The van der Waals surface area contributed by atoms with E-state index >= 15 is 0 Å². The Bertz CT molecular complexity index is 356. The predicted molar refractivity (Wildman–Crippen MR) is 58.8 cm³/mol. The van der Waals surface area contributed by atoms with Gasteiger partial charge in [0.25, 0.3) is 0 Å². The molecule has 0 saturated heterocycles. The predicted octanol–water partition coefficient (Wildman–Crippen LogP) is 1.24. The molecule has 0 bridgehead atoms. The monoisotopic (exact) mass is 201 g/mol. The van der Waals surface area contributed by atoms with E-state index < -0.39 is 0 Å². The van der Waals surface area contributed by atoms with Crippen LogP contribution in [0.5, 0.6) is 0 Å². The van der Waals surface area contributed by atoms with Crippen molar-refractivity contribution in [3.8, 4) is 6.07 Å². The Morgan fingerprint density at radius 1 is 1.33 bits per heavy atom. The summed E-state index contributed by atoms with van der Waals surface area (Å²) in [6.07, 6.45) is 0.754. The van der Waals surface area contributed by atoms with Gasteiger partial charge in [0.15, 0.2) is 0 Å². The largest absolute Gasteiger partial charge is 0.316 e. The van der Waals surface area contributed by atoms with Crippen LogP contribution in [0.15, 0.2) is 24.3 Å². The molecule has 0 amide bonds. The van der Waals surface area contributed by atoms with E-state index in [0.717, 1.165) is 26.1 Å². The zero-order valence-electron chi connectivity index (χ0n) is 8.69. The Kier molecular flexibility index (Phi) is 3.00. The van der Waals surface area contributed by atoms with Crippen molar-refractivity contribution in [1.29, 1.82) is 5.26 Å². The summed E-state index contributed by atoms with van der Waals surface area (Å²) >= 11 is 0. The fraction of sp³-hybridized carbons (Fsp3) is 0.417. The van der Waals surface area contributed by atoms with E-state index in [1.165, 1.54) is 11.1 Å². The molecule has 2 N–H and O–H groups in total. The van der Waals surface area contributed by atoms with Crippen molar-refractivity contribution in [1.82, 2.24) is 4.90 Å². The summed E-state index contributed by atoms with van der Waals surface area (Å²) in [5, 5.41) is 8.59. The number of fused-ring (bicyclic) bond motifs is 1. The standard InChI is InChI=1S/C12H15N3/c13-7-12(14)5-6-15-8-10-3-1-2-4-11(10)9-15/h1-4,12H,5-6,8-9,14H2. The second-order valence-electron chi connectivity index (χ2n) is 4.00. The van der Waals surface area contributed by atoms with Gasteiger partial charge in [-0.05, 0) is 17.5 Å². The highest BCUT2D eigenvalue weighted by molar-refractivity contribution is 5.30. The van der Waals surface area contributed by atoms with Crippen LogP contribution in [0.3, 0.4) is 0 Å². The lowest BCUT2D eigenvalue weighted by molar-refractivity contribution is 0.277. The number of hydrogen-bond acceptors (Lipinski definition) is 3. The molecule has 2 rings (SSSR count). The average Bonchev–Trinajstić information content (AvgIpc) is 2.68. The molecule has 78 valence electrons. The number of benzene rings is 1. The second-order valence-corrected chi connectivity index (χ2v) is 4.00. The lowest BCUT2D eigenvalue weighted by Crippen LogP contribution is -2.26. The van der Waals surface area contributed by atoms with Crippen LogP contribution in [0.1, 0.15) is 17.5 Å². The Balaban J connectivity index is 1.89. The van der Waals surface area contributed by atoms with Gasteiger partial charge in [0.1, 0.15) is 0 Å². The van der Waals surface area contributed by atoms with E-state index in [-0.39, 0.29) is 6.04 Å². The minimum absolute atomic E-state index is 0.325. The van der Waals surface area contributed by atoms with E-state index in [0.29, 0.717) is 0 Å². The van der Waals surface area contributed by atoms with Crippen molar-refractivity contribution < 1.29 is 0 Å². The first-order chi connectivity index (χ1) is 7.29. The lowest BCUT2D eigenvalue weighted by atomic mass is 10.1. The SMILES string of the molecule is N#CC(N)CCN1Cc2ccccc2C1. The zero-order chi connectivity index (χ0) is 10.7. The molecule has 0 fully saturated rings. The highest BCUT2D eigenvalue weighted by Gasteiger charge is 2.18. The summed E-state index contributed by atoms with van der Waals surface area (Å²) in [5.41, 5.74) is 8.38. The van der Waals surface area contributed by atoms with Crippen molar-refractivity contribution in [2.24, 2.45) is 5.73 Å². The molecule has 3 nitrogen and oxygen atoms in total. The van der Waals surface area contributed by atoms with Crippen LogP contribution >= 0.6 is 0 Å². The van der Waals surface area contributed by atoms with E-state index in [1.807, 2.05) is 0 Å². The molecule has 1 unspecified atom stereocenters. The molecule has 0 saturated carbocycles. The van der Waals surface area contributed by atoms with E-state index in [4.69, 9.17) is 11.0 Å². The van der Waals surface area contributed by atoms with Gasteiger partial charge in [-0.1, -0.05) is 24.3 Å². The first kappa shape index (κ1) is 10.2. The zero-order valence-corrected chi connectivity index (χ0v) is 8.69. The third kappa shape index (κ3) is 2.35. The molecule has 1 atom stereocenters. The number of nitrogens with two attached hydrogens (primary N) is 1. The fourth-order valence-corrected chi connectivity index (χ4v) is 1.95. The molecule has 1 aromatic rings. The van der Waals surface area contributed by atoms with Crippen LogP contribution in [-0.4, -0.2) is 17.5 Å². The van der Waals surface area contributed by atoms with Gasteiger partial charge in [-0.3, -0.25) is 4.90 Å². The minimum Gasteiger partial charge on any atom is -0.316 e. The molecule has 0 spiro atoms. The van der Waals surface area contributed by atoms with Gasteiger partial charge in [-0.15, -0.1) is 0 Å². The molecule has 1 aliphatic heterocycles. The van der Waals surface area contributed by atoms with Crippen LogP contribution < -0.4 is 5.73 Å². The third-order valence-electron chi connectivity index (χ3n) is 2.83. The molecule has 1 heterocycles. The molecule has 0 aromatic heterocycles. The van der Waals surface area contributed by atoms with Gasteiger partial charge in [0.2, 0.25) is 0 Å². The van der Waals surface area contributed by atoms with Crippen molar-refractivity contribution in [3.63, 3.8) is 0 Å². The number of rotatable bonds is 3. The summed E-state index contributed by atoms with van der Waals surface area (Å²) in [7, 11) is 0. The smallest absolute Gasteiger partial charge is 0.0940 e. The number of hydrogen-bond donors (Lipinski definition) is 1. The van der Waals surface area contributed by atoms with Crippen LogP contribution in [0, 0.1) is 11.3 Å². The normalized spacial score (nSPS) is 17.1. The Hall–Kier alpha value is -1.37. The molecular weight excluding hydrogens is 186 g/mol. The van der Waals surface area contributed by atoms with E-state index in [9.17, 15) is 0 Å². The fourth-order valence-electron chi connectivity index (χ4n) is 1.95. The third-order valence-corrected chi connectivity index (χ3v) is 2.83. The van der Waals surface area contributed by atoms with Gasteiger partial charge in [0, 0.05) is 19.6 Å². The first-order valence-electron chi connectivity index (χ1n) is 5.24.